The van der Waals surface area contributed by atoms with Gasteiger partial charge in [-0.2, -0.15) is 0 Å². The summed E-state index contributed by atoms with van der Waals surface area (Å²) in [6, 6.07) is 41.1. The minimum atomic E-state index is 0.0817. The van der Waals surface area contributed by atoms with Crippen molar-refractivity contribution in [2.24, 2.45) is 0 Å². The van der Waals surface area contributed by atoms with E-state index in [1.54, 1.807) is 0 Å². The lowest BCUT2D eigenvalue weighted by Crippen LogP contribution is -2.36. The highest BCUT2D eigenvalue weighted by Crippen LogP contribution is 2.52. The summed E-state index contributed by atoms with van der Waals surface area (Å²) in [5.41, 5.74) is 13.1. The molecule has 5 aromatic carbocycles. The van der Waals surface area contributed by atoms with Crippen LogP contribution in [-0.4, -0.2) is 16.1 Å². The van der Waals surface area contributed by atoms with Crippen LogP contribution in [0, 0.1) is 13.8 Å². The Morgan fingerprint density at radius 2 is 1.12 bits per heavy atom. The van der Waals surface area contributed by atoms with E-state index in [-0.39, 0.29) is 6.17 Å². The Kier molecular flexibility index (Phi) is 5.05. The summed E-state index contributed by atoms with van der Waals surface area (Å²) in [7, 11) is 0. The van der Waals surface area contributed by atoms with Gasteiger partial charge in [-0.25, -0.2) is 9.97 Å². The van der Waals surface area contributed by atoms with Gasteiger partial charge in [-0.15, -0.1) is 0 Å². The summed E-state index contributed by atoms with van der Waals surface area (Å²) in [5, 5.41) is 0. The SMILES string of the molecule is Cc1ccccc1-c1ccc(N2c3nc4ccccc4nc3N3c4ccc(-c5ccccc5C)cc4CC23)cc1. The predicted molar refractivity (Wildman–Crippen MR) is 165 cm³/mol. The minimum absolute atomic E-state index is 0.0817. The molecule has 0 radical (unpaired) electrons. The van der Waals surface area contributed by atoms with Gasteiger partial charge in [-0.1, -0.05) is 78.9 Å². The largest absolute Gasteiger partial charge is 0.301 e. The topological polar surface area (TPSA) is 32.3 Å². The van der Waals surface area contributed by atoms with E-state index in [1.807, 2.05) is 18.2 Å². The number of nitrogens with zero attached hydrogens (tertiary/aromatic N) is 4. The molecule has 0 spiro atoms. The smallest absolute Gasteiger partial charge is 0.179 e. The fourth-order valence-corrected chi connectivity index (χ4v) is 6.40. The molecule has 0 saturated carbocycles. The first-order valence-corrected chi connectivity index (χ1v) is 13.9. The Morgan fingerprint density at radius 1 is 0.575 bits per heavy atom. The van der Waals surface area contributed by atoms with Gasteiger partial charge in [0.05, 0.1) is 11.0 Å². The highest BCUT2D eigenvalue weighted by Gasteiger charge is 2.45. The van der Waals surface area contributed by atoms with Crippen molar-refractivity contribution in [3.63, 3.8) is 0 Å². The van der Waals surface area contributed by atoms with E-state index in [4.69, 9.17) is 9.97 Å². The molecule has 0 saturated heterocycles. The average molecular weight is 517 g/mol. The maximum Gasteiger partial charge on any atom is 0.179 e. The molecule has 1 unspecified atom stereocenters. The van der Waals surface area contributed by atoms with Crippen LogP contribution in [0.2, 0.25) is 0 Å². The van der Waals surface area contributed by atoms with Crippen LogP contribution in [0.15, 0.2) is 115 Å². The van der Waals surface area contributed by atoms with Crippen molar-refractivity contribution in [3.8, 4) is 22.3 Å². The summed E-state index contributed by atoms with van der Waals surface area (Å²) in [6.07, 6.45) is 0.974. The Balaban J connectivity index is 1.26. The summed E-state index contributed by atoms with van der Waals surface area (Å²) < 4.78 is 0. The zero-order chi connectivity index (χ0) is 26.8. The molecule has 2 aliphatic heterocycles. The van der Waals surface area contributed by atoms with Gasteiger partial charge in [-0.05, 0) is 89.2 Å². The number of rotatable bonds is 3. The van der Waals surface area contributed by atoms with Gasteiger partial charge in [0.2, 0.25) is 0 Å². The molecule has 0 aliphatic carbocycles. The van der Waals surface area contributed by atoms with Gasteiger partial charge in [-0.3, -0.25) is 0 Å². The molecule has 3 heterocycles. The third-order valence-electron chi connectivity index (χ3n) is 8.39. The Labute approximate surface area is 234 Å². The van der Waals surface area contributed by atoms with Gasteiger partial charge >= 0.3 is 0 Å². The summed E-state index contributed by atoms with van der Waals surface area (Å²) in [5.74, 6) is 1.84. The lowest BCUT2D eigenvalue weighted by Gasteiger charge is -2.27. The second-order valence-corrected chi connectivity index (χ2v) is 10.8. The van der Waals surface area contributed by atoms with E-state index in [0.29, 0.717) is 0 Å². The number of anilines is 4. The maximum atomic E-state index is 5.17. The highest BCUT2D eigenvalue weighted by molar-refractivity contribution is 5.92. The molecule has 0 bridgehead atoms. The van der Waals surface area contributed by atoms with Crippen LogP contribution in [-0.2, 0) is 6.42 Å². The van der Waals surface area contributed by atoms with Gasteiger partial charge in [0, 0.05) is 17.8 Å². The molecule has 2 aliphatic rings. The molecular formula is C36H28N4. The predicted octanol–water partition coefficient (Wildman–Crippen LogP) is 8.75. The van der Waals surface area contributed by atoms with E-state index in [0.717, 1.165) is 34.8 Å². The monoisotopic (exact) mass is 516 g/mol. The quantitative estimate of drug-likeness (QED) is 0.235. The van der Waals surface area contributed by atoms with E-state index in [1.165, 1.54) is 44.6 Å². The number of para-hydroxylation sites is 2. The molecule has 6 aromatic rings. The number of aromatic nitrogens is 2. The van der Waals surface area contributed by atoms with E-state index in [9.17, 15) is 0 Å². The van der Waals surface area contributed by atoms with Crippen molar-refractivity contribution >= 4 is 34.0 Å². The fourth-order valence-electron chi connectivity index (χ4n) is 6.40. The van der Waals surface area contributed by atoms with Crippen LogP contribution < -0.4 is 9.80 Å². The molecule has 0 N–H and O–H groups in total. The molecule has 0 amide bonds. The number of benzene rings is 5. The van der Waals surface area contributed by atoms with Crippen LogP contribution >= 0.6 is 0 Å². The molecule has 192 valence electrons. The number of fused-ring (bicyclic) bond motifs is 6. The Hall–Kier alpha value is -4.96. The Morgan fingerprint density at radius 3 is 1.77 bits per heavy atom. The normalized spacial score (nSPS) is 15.3. The zero-order valence-corrected chi connectivity index (χ0v) is 22.5. The van der Waals surface area contributed by atoms with Crippen LogP contribution in [0.5, 0.6) is 0 Å². The molecule has 40 heavy (non-hydrogen) atoms. The molecule has 1 aromatic heterocycles. The third kappa shape index (κ3) is 3.46. The lowest BCUT2D eigenvalue weighted by molar-refractivity contribution is 0.724. The fraction of sp³-hybridized carbons (Fsp3) is 0.111. The van der Waals surface area contributed by atoms with Gasteiger partial charge in [0.1, 0.15) is 6.17 Å². The standard InChI is InChI=1S/C36H28N4/c1-23-9-3-5-11-29(23)25-15-18-28(19-16-25)39-34-22-27-21-26(30-12-6-4-10-24(30)2)17-20-33(27)40(34)36-35(39)37-31-13-7-8-14-32(31)38-36/h3-21,34H,22H2,1-2H3. The van der Waals surface area contributed by atoms with Crippen molar-refractivity contribution in [1.82, 2.24) is 9.97 Å². The Bertz CT molecular complexity index is 1890. The van der Waals surface area contributed by atoms with Crippen LogP contribution in [0.1, 0.15) is 16.7 Å². The molecule has 0 fully saturated rings. The number of aryl methyl sites for hydroxylation is 2. The first kappa shape index (κ1) is 23.0. The highest BCUT2D eigenvalue weighted by atomic mass is 15.5. The van der Waals surface area contributed by atoms with Crippen molar-refractivity contribution in [3.05, 3.63) is 132 Å². The maximum absolute atomic E-state index is 5.17. The zero-order valence-electron chi connectivity index (χ0n) is 22.5. The second kappa shape index (κ2) is 8.78. The first-order chi connectivity index (χ1) is 19.7. The van der Waals surface area contributed by atoms with Crippen molar-refractivity contribution in [2.45, 2.75) is 26.4 Å². The van der Waals surface area contributed by atoms with Gasteiger partial charge in [0.15, 0.2) is 11.6 Å². The van der Waals surface area contributed by atoms with Crippen molar-refractivity contribution < 1.29 is 0 Å². The third-order valence-corrected chi connectivity index (χ3v) is 8.39. The number of hydrogen-bond donors (Lipinski definition) is 0. The summed E-state index contributed by atoms with van der Waals surface area (Å²) in [4.78, 5) is 15.1. The first-order valence-electron chi connectivity index (χ1n) is 13.9. The van der Waals surface area contributed by atoms with Crippen molar-refractivity contribution in [2.75, 3.05) is 9.80 Å². The van der Waals surface area contributed by atoms with E-state index < -0.39 is 0 Å². The minimum Gasteiger partial charge on any atom is -0.301 e. The molecule has 1 atom stereocenters. The van der Waals surface area contributed by atoms with Crippen LogP contribution in [0.4, 0.5) is 23.0 Å². The van der Waals surface area contributed by atoms with Crippen LogP contribution in [0.3, 0.4) is 0 Å². The average Bonchev–Trinajstić information content (AvgIpc) is 3.50. The number of hydrogen-bond acceptors (Lipinski definition) is 4. The van der Waals surface area contributed by atoms with Gasteiger partial charge < -0.3 is 9.80 Å². The second-order valence-electron chi connectivity index (χ2n) is 10.8. The molecular weight excluding hydrogens is 488 g/mol. The molecule has 4 nitrogen and oxygen atoms in total. The summed E-state index contributed by atoms with van der Waals surface area (Å²) >= 11 is 0. The van der Waals surface area contributed by atoms with E-state index in [2.05, 4.69) is 121 Å². The van der Waals surface area contributed by atoms with E-state index >= 15 is 0 Å². The van der Waals surface area contributed by atoms with Crippen LogP contribution in [0.25, 0.3) is 33.3 Å². The molecule has 4 heteroatoms. The molecule has 8 rings (SSSR count). The van der Waals surface area contributed by atoms with Gasteiger partial charge in [0.25, 0.3) is 0 Å². The summed E-state index contributed by atoms with van der Waals surface area (Å²) in [6.45, 7) is 4.35. The van der Waals surface area contributed by atoms with Crippen molar-refractivity contribution in [1.29, 1.82) is 0 Å². The lowest BCUT2D eigenvalue weighted by atomic mass is 9.98.